The summed E-state index contributed by atoms with van der Waals surface area (Å²) in [4.78, 5) is 14.6. The van der Waals surface area contributed by atoms with Gasteiger partial charge in [0, 0.05) is 30.3 Å². The molecule has 0 bridgehead atoms. The standard InChI is InChI=1S/C17H24N2O2/c1-12-10-14(18)5-6-15(12)16(20)19-9-8-17(21)7-3-2-4-13(17)11-19/h5-6,10,13,21H,2-4,7-9,11,18H2,1H3. The molecule has 114 valence electrons. The van der Waals surface area contributed by atoms with Gasteiger partial charge in [0.25, 0.3) is 5.91 Å². The number of nitrogens with two attached hydrogens (primary N) is 1. The molecule has 2 atom stereocenters. The van der Waals surface area contributed by atoms with Crippen LogP contribution in [0.2, 0.25) is 0 Å². The molecule has 0 aromatic heterocycles. The van der Waals surface area contributed by atoms with Crippen molar-refractivity contribution in [2.45, 2.75) is 44.6 Å². The highest BCUT2D eigenvalue weighted by Gasteiger charge is 2.43. The number of piperidine rings is 1. The molecule has 1 saturated carbocycles. The third-order valence-corrected chi connectivity index (χ3v) is 5.20. The first-order chi connectivity index (χ1) is 9.99. The fraction of sp³-hybridized carbons (Fsp3) is 0.588. The maximum absolute atomic E-state index is 12.7. The molecular formula is C17H24N2O2. The zero-order valence-electron chi connectivity index (χ0n) is 12.6. The number of nitrogens with zero attached hydrogens (tertiary/aromatic N) is 1. The lowest BCUT2D eigenvalue weighted by atomic mass is 9.71. The number of aryl methyl sites for hydroxylation is 1. The number of aliphatic hydroxyl groups is 1. The van der Waals surface area contributed by atoms with E-state index in [1.54, 1.807) is 6.07 Å². The van der Waals surface area contributed by atoms with Gasteiger partial charge in [0.1, 0.15) is 0 Å². The minimum atomic E-state index is -0.537. The molecule has 2 unspecified atom stereocenters. The molecule has 1 aromatic rings. The SMILES string of the molecule is Cc1cc(N)ccc1C(=O)N1CCC2(O)CCCCC2C1. The highest BCUT2D eigenvalue weighted by Crippen LogP contribution is 2.40. The maximum Gasteiger partial charge on any atom is 0.254 e. The van der Waals surface area contributed by atoms with E-state index < -0.39 is 5.60 Å². The van der Waals surface area contributed by atoms with Crippen LogP contribution in [-0.2, 0) is 0 Å². The van der Waals surface area contributed by atoms with Crippen LogP contribution in [0.1, 0.15) is 48.0 Å². The van der Waals surface area contributed by atoms with Crippen LogP contribution in [0.25, 0.3) is 0 Å². The Morgan fingerprint density at radius 2 is 2.19 bits per heavy atom. The molecule has 4 heteroatoms. The summed E-state index contributed by atoms with van der Waals surface area (Å²) in [6.07, 6.45) is 4.90. The molecule has 1 saturated heterocycles. The van der Waals surface area contributed by atoms with Gasteiger partial charge in [-0.25, -0.2) is 0 Å². The van der Waals surface area contributed by atoms with Crippen LogP contribution >= 0.6 is 0 Å². The average Bonchev–Trinajstić information content (AvgIpc) is 2.45. The molecule has 2 aliphatic rings. The van der Waals surface area contributed by atoms with Crippen molar-refractivity contribution < 1.29 is 9.90 Å². The van der Waals surface area contributed by atoms with Crippen molar-refractivity contribution in [3.63, 3.8) is 0 Å². The van der Waals surface area contributed by atoms with E-state index in [1.165, 1.54) is 0 Å². The number of likely N-dealkylation sites (tertiary alicyclic amines) is 1. The van der Waals surface area contributed by atoms with E-state index in [9.17, 15) is 9.90 Å². The summed E-state index contributed by atoms with van der Waals surface area (Å²) >= 11 is 0. The molecule has 1 heterocycles. The maximum atomic E-state index is 12.7. The van der Waals surface area contributed by atoms with Gasteiger partial charge in [-0.1, -0.05) is 12.8 Å². The number of fused-ring (bicyclic) bond motifs is 1. The molecule has 1 aliphatic carbocycles. The zero-order chi connectivity index (χ0) is 15.0. The highest BCUT2D eigenvalue weighted by atomic mass is 16.3. The normalized spacial score (nSPS) is 29.0. The predicted molar refractivity (Wildman–Crippen MR) is 83.0 cm³/mol. The fourth-order valence-corrected chi connectivity index (χ4v) is 3.85. The molecule has 1 amide bonds. The first kappa shape index (κ1) is 14.4. The lowest BCUT2D eigenvalue weighted by molar-refractivity contribution is -0.0886. The number of carbonyl (C=O) groups excluding carboxylic acids is 1. The second-order valence-electron chi connectivity index (χ2n) is 6.62. The van der Waals surface area contributed by atoms with Crippen molar-refractivity contribution in [3.05, 3.63) is 29.3 Å². The topological polar surface area (TPSA) is 66.6 Å². The number of hydrogen-bond acceptors (Lipinski definition) is 3. The van der Waals surface area contributed by atoms with Crippen molar-refractivity contribution in [2.24, 2.45) is 5.92 Å². The van der Waals surface area contributed by atoms with Crippen molar-refractivity contribution in [1.29, 1.82) is 0 Å². The third-order valence-electron chi connectivity index (χ3n) is 5.20. The van der Waals surface area contributed by atoms with Gasteiger partial charge in [0.2, 0.25) is 0 Å². The van der Waals surface area contributed by atoms with E-state index in [-0.39, 0.29) is 11.8 Å². The number of anilines is 1. The lowest BCUT2D eigenvalue weighted by Crippen LogP contribution is -2.54. The molecule has 0 radical (unpaired) electrons. The van der Waals surface area contributed by atoms with Crippen molar-refractivity contribution in [3.8, 4) is 0 Å². The Bertz CT molecular complexity index is 558. The van der Waals surface area contributed by atoms with Crippen molar-refractivity contribution in [1.82, 2.24) is 4.90 Å². The Morgan fingerprint density at radius 1 is 1.38 bits per heavy atom. The number of hydrogen-bond donors (Lipinski definition) is 2. The fourth-order valence-electron chi connectivity index (χ4n) is 3.85. The largest absolute Gasteiger partial charge is 0.399 e. The Labute approximate surface area is 125 Å². The zero-order valence-corrected chi connectivity index (χ0v) is 12.6. The summed E-state index contributed by atoms with van der Waals surface area (Å²) in [5.41, 5.74) is 7.55. The molecular weight excluding hydrogens is 264 g/mol. The highest BCUT2D eigenvalue weighted by molar-refractivity contribution is 5.96. The van der Waals surface area contributed by atoms with Crippen LogP contribution in [0.3, 0.4) is 0 Å². The van der Waals surface area contributed by atoms with E-state index in [2.05, 4.69) is 0 Å². The molecule has 2 fully saturated rings. The summed E-state index contributed by atoms with van der Waals surface area (Å²) in [5, 5.41) is 10.7. The first-order valence-corrected chi connectivity index (χ1v) is 7.87. The minimum Gasteiger partial charge on any atom is -0.399 e. The van der Waals surface area contributed by atoms with Crippen LogP contribution in [0.4, 0.5) is 5.69 Å². The van der Waals surface area contributed by atoms with Gasteiger partial charge in [-0.3, -0.25) is 4.79 Å². The smallest absolute Gasteiger partial charge is 0.254 e. The first-order valence-electron chi connectivity index (χ1n) is 7.87. The summed E-state index contributed by atoms with van der Waals surface area (Å²) in [5.74, 6) is 0.304. The van der Waals surface area contributed by atoms with E-state index in [1.807, 2.05) is 24.0 Å². The van der Waals surface area contributed by atoms with Gasteiger partial charge < -0.3 is 15.7 Å². The summed E-state index contributed by atoms with van der Waals surface area (Å²) in [6, 6.07) is 5.43. The van der Waals surface area contributed by atoms with Gasteiger partial charge in [-0.2, -0.15) is 0 Å². The van der Waals surface area contributed by atoms with Crippen LogP contribution in [-0.4, -0.2) is 34.6 Å². The molecule has 3 N–H and O–H groups in total. The summed E-state index contributed by atoms with van der Waals surface area (Å²) in [6.45, 7) is 3.25. The number of rotatable bonds is 1. The third kappa shape index (κ3) is 2.64. The quantitative estimate of drug-likeness (QED) is 0.780. The van der Waals surface area contributed by atoms with E-state index in [0.29, 0.717) is 25.2 Å². The van der Waals surface area contributed by atoms with Gasteiger partial charge in [0.15, 0.2) is 0 Å². The van der Waals surface area contributed by atoms with Gasteiger partial charge >= 0.3 is 0 Å². The molecule has 1 aromatic carbocycles. The Kier molecular flexibility index (Phi) is 3.66. The molecule has 4 nitrogen and oxygen atoms in total. The van der Waals surface area contributed by atoms with Crippen LogP contribution in [0, 0.1) is 12.8 Å². The molecule has 21 heavy (non-hydrogen) atoms. The number of amides is 1. The number of carbonyl (C=O) groups is 1. The van der Waals surface area contributed by atoms with Crippen molar-refractivity contribution >= 4 is 11.6 Å². The second-order valence-corrected chi connectivity index (χ2v) is 6.62. The van der Waals surface area contributed by atoms with Crippen LogP contribution < -0.4 is 5.73 Å². The Morgan fingerprint density at radius 3 is 2.95 bits per heavy atom. The summed E-state index contributed by atoms with van der Waals surface area (Å²) < 4.78 is 0. The molecule has 3 rings (SSSR count). The lowest BCUT2D eigenvalue weighted by Gasteiger charge is -2.47. The summed E-state index contributed by atoms with van der Waals surface area (Å²) in [7, 11) is 0. The van der Waals surface area contributed by atoms with E-state index in [4.69, 9.17) is 5.73 Å². The molecule has 1 aliphatic heterocycles. The van der Waals surface area contributed by atoms with Crippen LogP contribution in [0.15, 0.2) is 18.2 Å². The van der Waals surface area contributed by atoms with Gasteiger partial charge in [-0.15, -0.1) is 0 Å². The van der Waals surface area contributed by atoms with E-state index in [0.717, 1.165) is 36.8 Å². The van der Waals surface area contributed by atoms with E-state index >= 15 is 0 Å². The molecule has 0 spiro atoms. The number of nitrogen functional groups attached to an aromatic ring is 1. The average molecular weight is 288 g/mol. The Balaban J connectivity index is 1.77. The second kappa shape index (κ2) is 5.34. The van der Waals surface area contributed by atoms with Crippen LogP contribution in [0.5, 0.6) is 0 Å². The van der Waals surface area contributed by atoms with Gasteiger partial charge in [-0.05, 0) is 49.9 Å². The number of benzene rings is 1. The van der Waals surface area contributed by atoms with Gasteiger partial charge in [0.05, 0.1) is 5.60 Å². The Hall–Kier alpha value is -1.55. The minimum absolute atomic E-state index is 0.0696. The van der Waals surface area contributed by atoms with Crippen molar-refractivity contribution in [2.75, 3.05) is 18.8 Å². The monoisotopic (exact) mass is 288 g/mol. The predicted octanol–water partition coefficient (Wildman–Crippen LogP) is 2.34.